The molecule has 0 fully saturated rings. The zero-order chi connectivity index (χ0) is 14.7. The van der Waals surface area contributed by atoms with Crippen molar-refractivity contribution < 1.29 is 4.74 Å². The van der Waals surface area contributed by atoms with Crippen LogP contribution in [0.4, 0.5) is 0 Å². The van der Waals surface area contributed by atoms with Crippen molar-refractivity contribution in [2.75, 3.05) is 0 Å². The van der Waals surface area contributed by atoms with E-state index in [2.05, 4.69) is 23.1 Å². The molecule has 108 valence electrons. The first kappa shape index (κ1) is 13.8. The lowest BCUT2D eigenvalue weighted by Crippen LogP contribution is -1.99. The number of hydrogen-bond acceptors (Lipinski definition) is 5. The van der Waals surface area contributed by atoms with Crippen LogP contribution in [-0.2, 0) is 13.2 Å². The Balaban J connectivity index is 1.69. The first-order chi connectivity index (χ1) is 10.3. The maximum atomic E-state index is 5.66. The Bertz CT molecular complexity index is 720. The lowest BCUT2D eigenvalue weighted by atomic mass is 10.2. The lowest BCUT2D eigenvalue weighted by Gasteiger charge is -2.01. The van der Waals surface area contributed by atoms with E-state index in [0.717, 1.165) is 16.1 Å². The Labute approximate surface area is 127 Å². The maximum Gasteiger partial charge on any atom is 0.336 e. The minimum atomic E-state index is 0.374. The molecule has 0 atom stereocenters. The van der Waals surface area contributed by atoms with Gasteiger partial charge >= 0.3 is 6.01 Å². The summed E-state index contributed by atoms with van der Waals surface area (Å²) in [7, 11) is 0. The van der Waals surface area contributed by atoms with Crippen LogP contribution >= 0.6 is 11.3 Å². The van der Waals surface area contributed by atoms with Gasteiger partial charge < -0.3 is 10.5 Å². The van der Waals surface area contributed by atoms with Gasteiger partial charge in [-0.3, -0.25) is 0 Å². The molecule has 3 aromatic rings. The highest BCUT2D eigenvalue weighted by Gasteiger charge is 2.08. The van der Waals surface area contributed by atoms with Crippen LogP contribution < -0.4 is 10.5 Å². The zero-order valence-corrected chi connectivity index (χ0v) is 12.5. The van der Waals surface area contributed by atoms with Crippen molar-refractivity contribution in [2.45, 2.75) is 20.1 Å². The maximum absolute atomic E-state index is 5.66. The lowest BCUT2D eigenvalue weighted by molar-refractivity contribution is 0.280. The van der Waals surface area contributed by atoms with Gasteiger partial charge in [0, 0.05) is 21.9 Å². The average molecular weight is 300 g/mol. The molecule has 2 aromatic heterocycles. The zero-order valence-electron chi connectivity index (χ0n) is 11.7. The van der Waals surface area contributed by atoms with Crippen LogP contribution in [0.15, 0.2) is 42.7 Å². The SMILES string of the molecule is Cc1sc(CN)cc1COc1ncn(-c2ccccc2)n1. The number of hydrogen-bond donors (Lipinski definition) is 1. The van der Waals surface area contributed by atoms with Gasteiger partial charge in [-0.05, 0) is 25.1 Å². The largest absolute Gasteiger partial charge is 0.457 e. The summed E-state index contributed by atoms with van der Waals surface area (Å²) in [6, 6.07) is 12.3. The molecule has 0 amide bonds. The Morgan fingerprint density at radius 3 is 2.81 bits per heavy atom. The quantitative estimate of drug-likeness (QED) is 0.786. The molecule has 0 saturated carbocycles. The van der Waals surface area contributed by atoms with E-state index in [1.54, 1.807) is 22.3 Å². The highest BCUT2D eigenvalue weighted by molar-refractivity contribution is 7.12. The number of aromatic nitrogens is 3. The molecular formula is C15H16N4OS. The van der Waals surface area contributed by atoms with Crippen molar-refractivity contribution >= 4 is 11.3 Å². The predicted molar refractivity (Wildman–Crippen MR) is 82.6 cm³/mol. The summed E-state index contributed by atoms with van der Waals surface area (Å²) in [5.74, 6) is 0. The van der Waals surface area contributed by atoms with Crippen molar-refractivity contribution in [3.05, 3.63) is 58.0 Å². The molecule has 0 unspecified atom stereocenters. The molecule has 0 aliphatic carbocycles. The second kappa shape index (κ2) is 6.07. The predicted octanol–water partition coefficient (Wildman–Crippen LogP) is 2.67. The fraction of sp³-hybridized carbons (Fsp3) is 0.200. The van der Waals surface area contributed by atoms with Crippen LogP contribution in [0.1, 0.15) is 15.3 Å². The van der Waals surface area contributed by atoms with Gasteiger partial charge in [0.2, 0.25) is 0 Å². The number of nitrogens with zero attached hydrogens (tertiary/aromatic N) is 3. The van der Waals surface area contributed by atoms with E-state index in [1.165, 1.54) is 4.88 Å². The molecule has 3 rings (SSSR count). The highest BCUT2D eigenvalue weighted by Crippen LogP contribution is 2.22. The Morgan fingerprint density at radius 1 is 1.29 bits per heavy atom. The molecule has 0 spiro atoms. The third kappa shape index (κ3) is 3.12. The van der Waals surface area contributed by atoms with Gasteiger partial charge in [-0.15, -0.1) is 16.4 Å². The summed E-state index contributed by atoms with van der Waals surface area (Å²) in [4.78, 5) is 6.55. The molecule has 0 bridgehead atoms. The minimum Gasteiger partial charge on any atom is -0.457 e. The molecule has 0 saturated heterocycles. The van der Waals surface area contributed by atoms with E-state index in [4.69, 9.17) is 10.5 Å². The van der Waals surface area contributed by atoms with E-state index < -0.39 is 0 Å². The molecule has 21 heavy (non-hydrogen) atoms. The molecule has 6 heteroatoms. The molecular weight excluding hydrogens is 284 g/mol. The summed E-state index contributed by atoms with van der Waals surface area (Å²) in [5, 5.41) is 4.31. The first-order valence-corrected chi connectivity index (χ1v) is 7.46. The van der Waals surface area contributed by atoms with Crippen molar-refractivity contribution in [1.29, 1.82) is 0 Å². The topological polar surface area (TPSA) is 66.0 Å². The Morgan fingerprint density at radius 2 is 2.10 bits per heavy atom. The van der Waals surface area contributed by atoms with Gasteiger partial charge in [0.15, 0.2) is 0 Å². The standard InChI is InChI=1S/C15H16N4OS/c1-11-12(7-14(8-16)21-11)9-20-15-17-10-19(18-15)13-5-3-2-4-6-13/h2-7,10H,8-9,16H2,1H3. The molecule has 0 aliphatic heterocycles. The van der Waals surface area contributed by atoms with Gasteiger partial charge in [-0.2, -0.15) is 4.98 Å². The Kier molecular flexibility index (Phi) is 3.98. The third-order valence-corrected chi connectivity index (χ3v) is 4.24. The number of rotatable bonds is 5. The molecule has 0 aliphatic rings. The number of ether oxygens (including phenoxy) is 1. The monoisotopic (exact) mass is 300 g/mol. The highest BCUT2D eigenvalue weighted by atomic mass is 32.1. The summed E-state index contributed by atoms with van der Waals surface area (Å²) in [5.41, 5.74) is 7.74. The normalized spacial score (nSPS) is 10.8. The first-order valence-electron chi connectivity index (χ1n) is 6.64. The summed E-state index contributed by atoms with van der Waals surface area (Å²) >= 11 is 1.70. The molecule has 2 heterocycles. The summed E-state index contributed by atoms with van der Waals surface area (Å²) in [6.45, 7) is 3.09. The smallest absolute Gasteiger partial charge is 0.336 e. The second-order valence-electron chi connectivity index (χ2n) is 4.59. The fourth-order valence-electron chi connectivity index (χ4n) is 1.99. The van der Waals surface area contributed by atoms with Crippen molar-refractivity contribution in [2.24, 2.45) is 5.73 Å². The average Bonchev–Trinajstić information content (AvgIpc) is 3.12. The second-order valence-corrected chi connectivity index (χ2v) is 5.94. The number of thiophene rings is 1. The van der Waals surface area contributed by atoms with E-state index in [-0.39, 0.29) is 0 Å². The van der Waals surface area contributed by atoms with Crippen LogP contribution in [-0.4, -0.2) is 14.8 Å². The van der Waals surface area contributed by atoms with Crippen LogP contribution in [0.2, 0.25) is 0 Å². The van der Waals surface area contributed by atoms with Gasteiger partial charge in [0.05, 0.1) is 5.69 Å². The fourth-order valence-corrected chi connectivity index (χ4v) is 2.92. The molecule has 0 radical (unpaired) electrons. The van der Waals surface area contributed by atoms with Crippen LogP contribution in [0.3, 0.4) is 0 Å². The molecule has 2 N–H and O–H groups in total. The van der Waals surface area contributed by atoms with Crippen molar-refractivity contribution in [3.8, 4) is 11.7 Å². The number of nitrogens with two attached hydrogens (primary N) is 1. The number of benzene rings is 1. The van der Waals surface area contributed by atoms with Crippen LogP contribution in [0.5, 0.6) is 6.01 Å². The van der Waals surface area contributed by atoms with E-state index in [9.17, 15) is 0 Å². The van der Waals surface area contributed by atoms with Crippen LogP contribution in [0, 0.1) is 6.92 Å². The summed E-state index contributed by atoms with van der Waals surface area (Å²) < 4.78 is 7.35. The number of aryl methyl sites for hydroxylation is 1. The third-order valence-electron chi connectivity index (χ3n) is 3.12. The van der Waals surface area contributed by atoms with Gasteiger partial charge in [-0.1, -0.05) is 18.2 Å². The summed E-state index contributed by atoms with van der Waals surface area (Å²) in [6.07, 6.45) is 1.65. The van der Waals surface area contributed by atoms with Crippen molar-refractivity contribution in [1.82, 2.24) is 14.8 Å². The Hall–Kier alpha value is -2.18. The van der Waals surface area contributed by atoms with Gasteiger partial charge in [0.1, 0.15) is 12.9 Å². The number of para-hydroxylation sites is 1. The molecule has 5 nitrogen and oxygen atoms in total. The van der Waals surface area contributed by atoms with Crippen LogP contribution in [0.25, 0.3) is 5.69 Å². The van der Waals surface area contributed by atoms with Crippen molar-refractivity contribution in [3.63, 3.8) is 0 Å². The van der Waals surface area contributed by atoms with E-state index in [1.807, 2.05) is 30.3 Å². The van der Waals surface area contributed by atoms with E-state index in [0.29, 0.717) is 19.2 Å². The van der Waals surface area contributed by atoms with Gasteiger partial charge in [0.25, 0.3) is 0 Å². The van der Waals surface area contributed by atoms with Gasteiger partial charge in [-0.25, -0.2) is 4.68 Å². The molecule has 1 aromatic carbocycles. The minimum absolute atomic E-state index is 0.374. The van der Waals surface area contributed by atoms with E-state index >= 15 is 0 Å².